The highest BCUT2D eigenvalue weighted by molar-refractivity contribution is 6.19. The smallest absolute Gasteiger partial charge is 0.337 e. The molecule has 0 unspecified atom stereocenters. The third-order valence-corrected chi connectivity index (χ3v) is 2.57. The zero-order chi connectivity index (χ0) is 15.1. The maximum absolute atomic E-state index is 11.5. The molecule has 0 fully saturated rings. The van der Waals surface area contributed by atoms with Crippen molar-refractivity contribution in [1.29, 1.82) is 0 Å². The normalized spacial score (nSPS) is 9.75. The van der Waals surface area contributed by atoms with E-state index in [1.807, 2.05) is 0 Å². The first-order valence-corrected chi connectivity index (χ1v) is 6.22. The second-order valence-electron chi connectivity index (χ2n) is 3.77. The molecular weight excluding hydrogens is 286 g/mol. The summed E-state index contributed by atoms with van der Waals surface area (Å²) in [5, 5.41) is 2.54. The molecule has 1 aromatic carbocycles. The number of benzene rings is 1. The van der Waals surface area contributed by atoms with Crippen molar-refractivity contribution in [2.75, 3.05) is 25.4 Å². The monoisotopic (exact) mass is 299 g/mol. The maximum atomic E-state index is 11.5. The lowest BCUT2D eigenvalue weighted by Crippen LogP contribution is -2.14. The highest BCUT2D eigenvalue weighted by atomic mass is 35.5. The fraction of sp³-hybridized carbons (Fsp3) is 0.308. The summed E-state index contributed by atoms with van der Waals surface area (Å²) in [6.07, 6.45) is 0.123. The Labute approximate surface area is 121 Å². The largest absolute Gasteiger partial charge is 0.465 e. The summed E-state index contributed by atoms with van der Waals surface area (Å²) in [6.45, 7) is 0. The van der Waals surface area contributed by atoms with Gasteiger partial charge in [0.2, 0.25) is 5.91 Å². The number of esters is 2. The van der Waals surface area contributed by atoms with E-state index >= 15 is 0 Å². The Morgan fingerprint density at radius 1 is 1.05 bits per heavy atom. The van der Waals surface area contributed by atoms with Crippen molar-refractivity contribution in [3.05, 3.63) is 29.3 Å². The standard InChI is InChI=1S/C13H14ClNO5/c1-19-12(17)8-5-9(13(18)20-2)7-10(6-8)15-11(16)3-4-14/h5-7H,3-4H2,1-2H3,(H,15,16). The van der Waals surface area contributed by atoms with E-state index in [0.717, 1.165) is 0 Å². The Morgan fingerprint density at radius 3 is 1.95 bits per heavy atom. The van der Waals surface area contributed by atoms with Crippen molar-refractivity contribution in [2.45, 2.75) is 6.42 Å². The highest BCUT2D eigenvalue weighted by Gasteiger charge is 2.14. The molecule has 6 nitrogen and oxygen atoms in total. The minimum Gasteiger partial charge on any atom is -0.465 e. The number of hydrogen-bond donors (Lipinski definition) is 1. The van der Waals surface area contributed by atoms with Crippen LogP contribution in [0.25, 0.3) is 0 Å². The van der Waals surface area contributed by atoms with Crippen LogP contribution in [0.2, 0.25) is 0 Å². The minimum atomic E-state index is -0.622. The van der Waals surface area contributed by atoms with Crippen molar-refractivity contribution >= 4 is 35.1 Å². The molecule has 1 rings (SSSR count). The second-order valence-corrected chi connectivity index (χ2v) is 4.15. The quantitative estimate of drug-likeness (QED) is 0.662. The van der Waals surface area contributed by atoms with Gasteiger partial charge in [0.15, 0.2) is 0 Å². The van der Waals surface area contributed by atoms with Gasteiger partial charge in [0.05, 0.1) is 25.3 Å². The number of amides is 1. The number of methoxy groups -OCH3 is 2. The molecular formula is C13H14ClNO5. The van der Waals surface area contributed by atoms with E-state index in [-0.39, 0.29) is 29.3 Å². The van der Waals surface area contributed by atoms with Crippen LogP contribution in [0.5, 0.6) is 0 Å². The Hall–Kier alpha value is -2.08. The van der Waals surface area contributed by atoms with Crippen LogP contribution >= 0.6 is 11.6 Å². The molecule has 0 atom stereocenters. The SMILES string of the molecule is COC(=O)c1cc(NC(=O)CCCl)cc(C(=O)OC)c1. The molecule has 108 valence electrons. The molecule has 0 aliphatic carbocycles. The molecule has 0 radical (unpaired) electrons. The van der Waals surface area contributed by atoms with Crippen LogP contribution in [0.3, 0.4) is 0 Å². The van der Waals surface area contributed by atoms with Crippen molar-refractivity contribution in [3.63, 3.8) is 0 Å². The summed E-state index contributed by atoms with van der Waals surface area (Å²) >= 11 is 5.46. The second kappa shape index (κ2) is 7.49. The molecule has 0 aliphatic rings. The van der Waals surface area contributed by atoms with Gasteiger partial charge in [-0.25, -0.2) is 9.59 Å². The third kappa shape index (κ3) is 4.24. The molecule has 0 spiro atoms. The van der Waals surface area contributed by atoms with Gasteiger partial charge in [0.1, 0.15) is 0 Å². The zero-order valence-corrected chi connectivity index (χ0v) is 11.8. The first-order chi connectivity index (χ1) is 9.51. The Morgan fingerprint density at radius 2 is 1.55 bits per heavy atom. The first kappa shape index (κ1) is 16.0. The molecule has 1 N–H and O–H groups in total. The van der Waals surface area contributed by atoms with Gasteiger partial charge in [0.25, 0.3) is 0 Å². The number of nitrogens with one attached hydrogen (secondary N) is 1. The number of anilines is 1. The zero-order valence-electron chi connectivity index (χ0n) is 11.1. The van der Waals surface area contributed by atoms with Gasteiger partial charge >= 0.3 is 11.9 Å². The first-order valence-electron chi connectivity index (χ1n) is 5.69. The summed E-state index contributed by atoms with van der Waals surface area (Å²) in [6, 6.07) is 4.14. The molecule has 0 aromatic heterocycles. The fourth-order valence-electron chi connectivity index (χ4n) is 1.48. The van der Waals surface area contributed by atoms with Crippen LogP contribution in [0, 0.1) is 0 Å². The van der Waals surface area contributed by atoms with E-state index in [9.17, 15) is 14.4 Å². The van der Waals surface area contributed by atoms with Gasteiger partial charge in [-0.3, -0.25) is 4.79 Å². The van der Waals surface area contributed by atoms with Crippen LogP contribution in [-0.2, 0) is 14.3 Å². The van der Waals surface area contributed by atoms with Gasteiger partial charge in [-0.1, -0.05) is 0 Å². The molecule has 20 heavy (non-hydrogen) atoms. The number of ether oxygens (including phenoxy) is 2. The number of rotatable bonds is 5. The van der Waals surface area contributed by atoms with E-state index in [0.29, 0.717) is 5.69 Å². The average Bonchev–Trinajstić information content (AvgIpc) is 2.45. The summed E-state index contributed by atoms with van der Waals surface area (Å²) in [5.41, 5.74) is 0.566. The van der Waals surface area contributed by atoms with E-state index in [1.54, 1.807) is 0 Å². The van der Waals surface area contributed by atoms with Gasteiger partial charge in [-0.15, -0.1) is 11.6 Å². The lowest BCUT2D eigenvalue weighted by Gasteiger charge is -2.09. The number of carbonyl (C=O) groups is 3. The number of halogens is 1. The lowest BCUT2D eigenvalue weighted by molar-refractivity contribution is -0.115. The van der Waals surface area contributed by atoms with Crippen LogP contribution in [0.1, 0.15) is 27.1 Å². The molecule has 0 saturated heterocycles. The topological polar surface area (TPSA) is 81.7 Å². The molecule has 0 bridgehead atoms. The van der Waals surface area contributed by atoms with Crippen molar-refractivity contribution in [2.24, 2.45) is 0 Å². The Bertz CT molecular complexity index is 495. The van der Waals surface area contributed by atoms with Crippen molar-refractivity contribution in [1.82, 2.24) is 0 Å². The number of carbonyl (C=O) groups excluding carboxylic acids is 3. The Kier molecular flexibility index (Phi) is 5.99. The molecule has 1 amide bonds. The average molecular weight is 300 g/mol. The predicted molar refractivity (Wildman–Crippen MR) is 73.1 cm³/mol. The van der Waals surface area contributed by atoms with Crippen LogP contribution in [0.4, 0.5) is 5.69 Å². The van der Waals surface area contributed by atoms with Crippen LogP contribution in [0.15, 0.2) is 18.2 Å². The van der Waals surface area contributed by atoms with E-state index in [2.05, 4.69) is 14.8 Å². The van der Waals surface area contributed by atoms with Gasteiger partial charge in [-0.05, 0) is 18.2 Å². The summed E-state index contributed by atoms with van der Waals surface area (Å²) in [7, 11) is 2.44. The van der Waals surface area contributed by atoms with Gasteiger partial charge in [0, 0.05) is 18.0 Å². The van der Waals surface area contributed by atoms with E-state index < -0.39 is 11.9 Å². The fourth-order valence-corrected chi connectivity index (χ4v) is 1.65. The molecule has 0 saturated carbocycles. The van der Waals surface area contributed by atoms with Crippen molar-refractivity contribution in [3.8, 4) is 0 Å². The molecule has 0 heterocycles. The Balaban J connectivity index is 3.12. The van der Waals surface area contributed by atoms with Crippen LogP contribution in [-0.4, -0.2) is 37.9 Å². The summed E-state index contributed by atoms with van der Waals surface area (Å²) < 4.78 is 9.17. The van der Waals surface area contributed by atoms with Gasteiger partial charge in [-0.2, -0.15) is 0 Å². The highest BCUT2D eigenvalue weighted by Crippen LogP contribution is 2.17. The molecule has 0 aliphatic heterocycles. The lowest BCUT2D eigenvalue weighted by atomic mass is 10.1. The van der Waals surface area contributed by atoms with Crippen molar-refractivity contribution < 1.29 is 23.9 Å². The minimum absolute atomic E-state index is 0.123. The van der Waals surface area contributed by atoms with Gasteiger partial charge < -0.3 is 14.8 Å². The number of alkyl halides is 1. The van der Waals surface area contributed by atoms with E-state index in [1.165, 1.54) is 32.4 Å². The maximum Gasteiger partial charge on any atom is 0.337 e. The summed E-state index contributed by atoms with van der Waals surface area (Å²) in [5.74, 6) is -1.39. The predicted octanol–water partition coefficient (Wildman–Crippen LogP) is 1.83. The van der Waals surface area contributed by atoms with E-state index in [4.69, 9.17) is 11.6 Å². The third-order valence-electron chi connectivity index (χ3n) is 2.38. The van der Waals surface area contributed by atoms with Crippen LogP contribution < -0.4 is 5.32 Å². The molecule has 1 aromatic rings. The molecule has 7 heteroatoms. The summed E-state index contributed by atoms with van der Waals surface area (Å²) in [4.78, 5) is 34.6. The number of hydrogen-bond acceptors (Lipinski definition) is 5.